The number of hydrogen-bond acceptors (Lipinski definition) is 4. The molecule has 1 amide bonds. The molecule has 0 spiro atoms. The molecule has 0 saturated carbocycles. The van der Waals surface area contributed by atoms with Crippen molar-refractivity contribution in [1.82, 2.24) is 20.0 Å². The lowest BCUT2D eigenvalue weighted by molar-refractivity contribution is -0.118. The van der Waals surface area contributed by atoms with Crippen LogP contribution < -0.4 is 11.1 Å². The van der Waals surface area contributed by atoms with Gasteiger partial charge in [-0.1, -0.05) is 13.8 Å². The number of H-pyrrole nitrogens is 1. The van der Waals surface area contributed by atoms with Crippen molar-refractivity contribution in [3.63, 3.8) is 0 Å². The van der Waals surface area contributed by atoms with Crippen LogP contribution in [0.2, 0.25) is 0 Å². The molecule has 18 heavy (non-hydrogen) atoms. The van der Waals surface area contributed by atoms with Crippen LogP contribution in [0.5, 0.6) is 0 Å². The van der Waals surface area contributed by atoms with E-state index in [1.807, 2.05) is 27.8 Å². The summed E-state index contributed by atoms with van der Waals surface area (Å²) in [5.74, 6) is 0.411. The van der Waals surface area contributed by atoms with E-state index < -0.39 is 6.04 Å². The maximum absolute atomic E-state index is 11.9. The lowest BCUT2D eigenvalue weighted by atomic mass is 10.1. The SMILES string of the molecule is Cc1nn(C)c2n[nH]c(NC(=O)[C@@H](N)C(C)C)c12. The highest BCUT2D eigenvalue weighted by Gasteiger charge is 2.20. The fraction of sp³-hybridized carbons (Fsp3) is 0.545. The quantitative estimate of drug-likeness (QED) is 0.739. The Kier molecular flexibility index (Phi) is 3.08. The molecule has 7 nitrogen and oxygen atoms in total. The first-order chi connectivity index (χ1) is 8.41. The third-order valence-corrected chi connectivity index (χ3v) is 2.98. The first-order valence-electron chi connectivity index (χ1n) is 5.86. The highest BCUT2D eigenvalue weighted by Crippen LogP contribution is 2.23. The third kappa shape index (κ3) is 1.97. The average Bonchev–Trinajstić information content (AvgIpc) is 2.82. The number of carbonyl (C=O) groups excluding carboxylic acids is 1. The topological polar surface area (TPSA) is 102 Å². The van der Waals surface area contributed by atoms with Gasteiger partial charge in [-0.3, -0.25) is 9.89 Å². The highest BCUT2D eigenvalue weighted by atomic mass is 16.2. The smallest absolute Gasteiger partial charge is 0.242 e. The minimum absolute atomic E-state index is 0.0819. The molecule has 2 rings (SSSR count). The van der Waals surface area contributed by atoms with Crippen LogP contribution >= 0.6 is 0 Å². The number of anilines is 1. The van der Waals surface area contributed by atoms with E-state index in [0.29, 0.717) is 11.5 Å². The predicted molar refractivity (Wildman–Crippen MR) is 69.0 cm³/mol. The summed E-state index contributed by atoms with van der Waals surface area (Å²) in [6.07, 6.45) is 0. The van der Waals surface area contributed by atoms with Crippen LogP contribution in [0.15, 0.2) is 0 Å². The molecule has 0 radical (unpaired) electrons. The van der Waals surface area contributed by atoms with Gasteiger partial charge in [0.1, 0.15) is 5.82 Å². The Morgan fingerprint density at radius 2 is 2.17 bits per heavy atom. The maximum atomic E-state index is 11.9. The van der Waals surface area contributed by atoms with Crippen LogP contribution in [0.4, 0.5) is 5.82 Å². The van der Waals surface area contributed by atoms with Crippen LogP contribution in [0, 0.1) is 12.8 Å². The largest absolute Gasteiger partial charge is 0.320 e. The van der Waals surface area contributed by atoms with E-state index >= 15 is 0 Å². The minimum Gasteiger partial charge on any atom is -0.320 e. The minimum atomic E-state index is -0.541. The molecule has 4 N–H and O–H groups in total. The van der Waals surface area contributed by atoms with Crippen molar-refractivity contribution in [2.24, 2.45) is 18.7 Å². The average molecular weight is 250 g/mol. The molecule has 7 heteroatoms. The Morgan fingerprint density at radius 3 is 2.78 bits per heavy atom. The molecule has 0 aromatic carbocycles. The second-order valence-corrected chi connectivity index (χ2v) is 4.77. The number of hydrogen-bond donors (Lipinski definition) is 3. The van der Waals surface area contributed by atoms with Gasteiger partial charge in [0.15, 0.2) is 5.65 Å². The van der Waals surface area contributed by atoms with Crippen molar-refractivity contribution in [2.75, 3.05) is 5.32 Å². The van der Waals surface area contributed by atoms with Gasteiger partial charge < -0.3 is 11.1 Å². The number of rotatable bonds is 3. The van der Waals surface area contributed by atoms with E-state index in [1.165, 1.54) is 0 Å². The number of amides is 1. The Labute approximate surface area is 105 Å². The molecule has 2 aromatic rings. The molecule has 0 saturated heterocycles. The Hall–Kier alpha value is -1.89. The zero-order chi connectivity index (χ0) is 13.4. The third-order valence-electron chi connectivity index (χ3n) is 2.98. The zero-order valence-corrected chi connectivity index (χ0v) is 11.0. The molecular weight excluding hydrogens is 232 g/mol. The molecular formula is C11H18N6O. The van der Waals surface area contributed by atoms with Gasteiger partial charge in [0.05, 0.1) is 17.1 Å². The van der Waals surface area contributed by atoms with E-state index in [0.717, 1.165) is 11.1 Å². The lowest BCUT2D eigenvalue weighted by Gasteiger charge is -2.14. The van der Waals surface area contributed by atoms with Gasteiger partial charge in [0.2, 0.25) is 5.91 Å². The number of nitrogens with one attached hydrogen (secondary N) is 2. The molecule has 2 aromatic heterocycles. The van der Waals surface area contributed by atoms with Gasteiger partial charge in [-0.25, -0.2) is 4.68 Å². The molecule has 0 bridgehead atoms. The summed E-state index contributed by atoms with van der Waals surface area (Å²) < 4.78 is 1.67. The second kappa shape index (κ2) is 4.41. The summed E-state index contributed by atoms with van der Waals surface area (Å²) >= 11 is 0. The van der Waals surface area contributed by atoms with Crippen LogP contribution in [0.3, 0.4) is 0 Å². The highest BCUT2D eigenvalue weighted by molar-refractivity contribution is 6.01. The zero-order valence-electron chi connectivity index (χ0n) is 11.0. The standard InChI is InChI=1S/C11H18N6O/c1-5(2)8(12)11(18)13-9-7-6(3)16-17(4)10(7)15-14-9/h5,8H,12H2,1-4H3,(H2,13,14,15,18)/t8-/m0/s1. The molecule has 0 unspecified atom stereocenters. The van der Waals surface area contributed by atoms with Crippen LogP contribution in [-0.2, 0) is 11.8 Å². The van der Waals surface area contributed by atoms with Crippen molar-refractivity contribution in [3.05, 3.63) is 5.69 Å². The summed E-state index contributed by atoms with van der Waals surface area (Å²) in [6, 6.07) is -0.541. The summed E-state index contributed by atoms with van der Waals surface area (Å²) in [6.45, 7) is 5.68. The van der Waals surface area contributed by atoms with E-state index in [2.05, 4.69) is 20.6 Å². The Morgan fingerprint density at radius 1 is 1.50 bits per heavy atom. The Balaban J connectivity index is 2.30. The number of carbonyl (C=O) groups is 1. The van der Waals surface area contributed by atoms with Crippen LogP contribution in [-0.4, -0.2) is 31.9 Å². The maximum Gasteiger partial charge on any atom is 0.242 e. The van der Waals surface area contributed by atoms with Gasteiger partial charge in [-0.2, -0.15) is 10.2 Å². The van der Waals surface area contributed by atoms with Crippen molar-refractivity contribution in [3.8, 4) is 0 Å². The van der Waals surface area contributed by atoms with Gasteiger partial charge in [0.25, 0.3) is 0 Å². The summed E-state index contributed by atoms with van der Waals surface area (Å²) in [5, 5.41) is 14.8. The summed E-state index contributed by atoms with van der Waals surface area (Å²) in [7, 11) is 1.81. The van der Waals surface area contributed by atoms with Crippen LogP contribution in [0.25, 0.3) is 11.0 Å². The van der Waals surface area contributed by atoms with Crippen molar-refractivity contribution >= 4 is 22.8 Å². The fourth-order valence-electron chi connectivity index (χ4n) is 1.83. The number of aryl methyl sites for hydroxylation is 2. The van der Waals surface area contributed by atoms with Crippen molar-refractivity contribution in [1.29, 1.82) is 0 Å². The number of aromatic nitrogens is 4. The monoisotopic (exact) mass is 250 g/mol. The summed E-state index contributed by atoms with van der Waals surface area (Å²) in [4.78, 5) is 11.9. The molecule has 0 aliphatic carbocycles. The van der Waals surface area contributed by atoms with Gasteiger partial charge in [-0.15, -0.1) is 0 Å². The number of aromatic amines is 1. The fourth-order valence-corrected chi connectivity index (χ4v) is 1.83. The van der Waals surface area contributed by atoms with Gasteiger partial charge in [0, 0.05) is 7.05 Å². The van der Waals surface area contributed by atoms with Gasteiger partial charge in [-0.05, 0) is 12.8 Å². The molecule has 0 aliphatic rings. The summed E-state index contributed by atoms with van der Waals surface area (Å²) in [5.41, 5.74) is 7.32. The van der Waals surface area contributed by atoms with Crippen LogP contribution in [0.1, 0.15) is 19.5 Å². The van der Waals surface area contributed by atoms with Crippen molar-refractivity contribution in [2.45, 2.75) is 26.8 Å². The van der Waals surface area contributed by atoms with E-state index in [1.54, 1.807) is 4.68 Å². The molecule has 0 fully saturated rings. The first-order valence-corrected chi connectivity index (χ1v) is 5.86. The normalized spacial score (nSPS) is 13.2. The second-order valence-electron chi connectivity index (χ2n) is 4.77. The lowest BCUT2D eigenvalue weighted by Crippen LogP contribution is -2.39. The number of nitrogens with zero attached hydrogens (tertiary/aromatic N) is 3. The molecule has 1 atom stereocenters. The van der Waals surface area contributed by atoms with E-state index in [-0.39, 0.29) is 11.8 Å². The predicted octanol–water partition coefficient (Wildman–Crippen LogP) is 0.527. The van der Waals surface area contributed by atoms with Crippen molar-refractivity contribution < 1.29 is 4.79 Å². The number of nitrogens with two attached hydrogens (primary N) is 1. The molecule has 98 valence electrons. The molecule has 0 aliphatic heterocycles. The molecule has 2 heterocycles. The van der Waals surface area contributed by atoms with E-state index in [4.69, 9.17) is 5.73 Å². The van der Waals surface area contributed by atoms with Gasteiger partial charge >= 0.3 is 0 Å². The van der Waals surface area contributed by atoms with E-state index in [9.17, 15) is 4.79 Å². The number of fused-ring (bicyclic) bond motifs is 1. The Bertz CT molecular complexity index is 582. The first kappa shape index (κ1) is 12.6.